The van der Waals surface area contributed by atoms with Crippen LogP contribution in [0.3, 0.4) is 0 Å². The van der Waals surface area contributed by atoms with Crippen LogP contribution in [0.5, 0.6) is 0 Å². The zero-order valence-corrected chi connectivity index (χ0v) is 25.4. The summed E-state index contributed by atoms with van der Waals surface area (Å²) in [6.07, 6.45) is 1.06. The van der Waals surface area contributed by atoms with E-state index in [1.165, 1.54) is 23.1 Å². The molecule has 214 valence electrons. The minimum absolute atomic E-state index is 0.00302. The van der Waals surface area contributed by atoms with Gasteiger partial charge in [0.2, 0.25) is 11.8 Å². The number of nitrogens with one attached hydrogen (secondary N) is 1. The molecule has 3 aromatic carbocycles. The molecule has 3 aromatic rings. The van der Waals surface area contributed by atoms with Gasteiger partial charge < -0.3 is 10.2 Å². The van der Waals surface area contributed by atoms with Crippen molar-refractivity contribution in [1.29, 1.82) is 0 Å². The summed E-state index contributed by atoms with van der Waals surface area (Å²) in [6, 6.07) is 19.1. The van der Waals surface area contributed by atoms with Gasteiger partial charge in [-0.3, -0.25) is 13.9 Å². The SMILES string of the molecule is CCC(C)NC(=O)C(CC)N(Cc1cccc(C)c1)C(=O)CN(c1cccc(Cl)c1Cl)S(=O)(=O)c1ccccc1. The van der Waals surface area contributed by atoms with Crippen LogP contribution in [0.25, 0.3) is 0 Å². The molecular formula is C30H35Cl2N3O4S. The second kappa shape index (κ2) is 14.0. The van der Waals surface area contributed by atoms with Crippen molar-refractivity contribution in [2.24, 2.45) is 0 Å². The lowest BCUT2D eigenvalue weighted by molar-refractivity contribution is -0.140. The van der Waals surface area contributed by atoms with E-state index in [0.29, 0.717) is 6.42 Å². The average molecular weight is 605 g/mol. The maximum absolute atomic E-state index is 14.1. The van der Waals surface area contributed by atoms with E-state index in [1.807, 2.05) is 52.0 Å². The second-order valence-corrected chi connectivity index (χ2v) is 12.3. The Balaban J connectivity index is 2.09. The molecule has 0 heterocycles. The predicted molar refractivity (Wildman–Crippen MR) is 161 cm³/mol. The predicted octanol–water partition coefficient (Wildman–Crippen LogP) is 6.22. The van der Waals surface area contributed by atoms with Crippen LogP contribution in [-0.2, 0) is 26.2 Å². The van der Waals surface area contributed by atoms with Crippen LogP contribution in [0, 0.1) is 6.92 Å². The topological polar surface area (TPSA) is 86.8 Å². The molecular weight excluding hydrogens is 569 g/mol. The quantitative estimate of drug-likeness (QED) is 0.266. The Morgan fingerprint density at radius 3 is 2.23 bits per heavy atom. The fourth-order valence-electron chi connectivity index (χ4n) is 4.29. The maximum atomic E-state index is 14.1. The second-order valence-electron chi connectivity index (χ2n) is 9.65. The minimum Gasteiger partial charge on any atom is -0.352 e. The molecule has 2 unspecified atom stereocenters. The molecule has 0 spiro atoms. The van der Waals surface area contributed by atoms with Gasteiger partial charge in [0.25, 0.3) is 10.0 Å². The van der Waals surface area contributed by atoms with Gasteiger partial charge in [0.15, 0.2) is 0 Å². The first kappa shape index (κ1) is 31.5. The highest BCUT2D eigenvalue weighted by atomic mass is 35.5. The minimum atomic E-state index is -4.23. The summed E-state index contributed by atoms with van der Waals surface area (Å²) >= 11 is 12.7. The molecule has 2 atom stereocenters. The molecule has 0 saturated heterocycles. The Kier molecular flexibility index (Phi) is 11.0. The monoisotopic (exact) mass is 603 g/mol. The number of hydrogen-bond acceptors (Lipinski definition) is 4. The van der Waals surface area contributed by atoms with Crippen molar-refractivity contribution in [2.45, 2.75) is 64.1 Å². The summed E-state index contributed by atoms with van der Waals surface area (Å²) in [7, 11) is -4.23. The molecule has 0 fully saturated rings. The van der Waals surface area contributed by atoms with Crippen molar-refractivity contribution in [3.8, 4) is 0 Å². The summed E-state index contributed by atoms with van der Waals surface area (Å²) < 4.78 is 28.7. The molecule has 1 N–H and O–H groups in total. The summed E-state index contributed by atoms with van der Waals surface area (Å²) in [6.45, 7) is 7.16. The Labute approximate surface area is 247 Å². The number of sulfonamides is 1. The van der Waals surface area contributed by atoms with E-state index in [9.17, 15) is 18.0 Å². The molecule has 3 rings (SSSR count). The smallest absolute Gasteiger partial charge is 0.264 e. The normalized spacial score (nSPS) is 12.8. The van der Waals surface area contributed by atoms with E-state index in [1.54, 1.807) is 30.3 Å². The molecule has 0 aromatic heterocycles. The zero-order chi connectivity index (χ0) is 29.4. The number of nitrogens with zero attached hydrogens (tertiary/aromatic N) is 2. The molecule has 40 heavy (non-hydrogen) atoms. The summed E-state index contributed by atoms with van der Waals surface area (Å²) in [4.78, 5) is 28.9. The van der Waals surface area contributed by atoms with Crippen LogP contribution in [0.1, 0.15) is 44.7 Å². The van der Waals surface area contributed by atoms with Gasteiger partial charge in [0.05, 0.1) is 20.6 Å². The standard InChI is InChI=1S/C30H35Cl2N3O4S/c1-5-22(4)33-30(37)26(6-2)34(19-23-13-10-12-21(3)18-23)28(36)20-35(27-17-11-16-25(31)29(27)32)40(38,39)24-14-8-7-9-15-24/h7-18,22,26H,5-6,19-20H2,1-4H3,(H,33,37). The largest absolute Gasteiger partial charge is 0.352 e. The summed E-state index contributed by atoms with van der Waals surface area (Å²) in [5.74, 6) is -0.848. The third-order valence-electron chi connectivity index (χ3n) is 6.63. The molecule has 0 aliphatic rings. The van der Waals surface area contributed by atoms with Gasteiger partial charge in [-0.25, -0.2) is 8.42 Å². The number of amides is 2. The highest BCUT2D eigenvalue weighted by molar-refractivity contribution is 7.92. The first-order valence-corrected chi connectivity index (χ1v) is 15.4. The van der Waals surface area contributed by atoms with Crippen LogP contribution in [0.4, 0.5) is 5.69 Å². The zero-order valence-electron chi connectivity index (χ0n) is 23.1. The van der Waals surface area contributed by atoms with Gasteiger partial charge in [-0.2, -0.15) is 0 Å². The number of benzene rings is 3. The lowest BCUT2D eigenvalue weighted by atomic mass is 10.1. The molecule has 10 heteroatoms. The molecule has 0 aliphatic carbocycles. The molecule has 0 radical (unpaired) electrons. The van der Waals surface area contributed by atoms with E-state index in [-0.39, 0.29) is 39.1 Å². The highest BCUT2D eigenvalue weighted by Crippen LogP contribution is 2.35. The third-order valence-corrected chi connectivity index (χ3v) is 9.22. The molecule has 7 nitrogen and oxygen atoms in total. The lowest BCUT2D eigenvalue weighted by Gasteiger charge is -2.34. The Morgan fingerprint density at radius 2 is 1.60 bits per heavy atom. The van der Waals surface area contributed by atoms with E-state index in [0.717, 1.165) is 21.9 Å². The third kappa shape index (κ3) is 7.56. The molecule has 0 bridgehead atoms. The van der Waals surface area contributed by atoms with Crippen molar-refractivity contribution < 1.29 is 18.0 Å². The summed E-state index contributed by atoms with van der Waals surface area (Å²) in [5.41, 5.74) is 1.89. The first-order valence-electron chi connectivity index (χ1n) is 13.2. The van der Waals surface area contributed by atoms with E-state index in [4.69, 9.17) is 23.2 Å². The highest BCUT2D eigenvalue weighted by Gasteiger charge is 2.34. The van der Waals surface area contributed by atoms with E-state index in [2.05, 4.69) is 5.32 Å². The van der Waals surface area contributed by atoms with Crippen molar-refractivity contribution in [3.05, 3.63) is 94.0 Å². The number of carbonyl (C=O) groups excluding carboxylic acids is 2. The number of hydrogen-bond donors (Lipinski definition) is 1. The van der Waals surface area contributed by atoms with Crippen LogP contribution in [0.15, 0.2) is 77.7 Å². The van der Waals surface area contributed by atoms with Gasteiger partial charge in [-0.1, -0.05) is 91.1 Å². The first-order chi connectivity index (χ1) is 19.0. The van der Waals surface area contributed by atoms with Crippen molar-refractivity contribution >= 4 is 50.7 Å². The molecule has 0 aliphatic heterocycles. The lowest BCUT2D eigenvalue weighted by Crippen LogP contribution is -2.53. The van der Waals surface area contributed by atoms with Gasteiger partial charge in [-0.05, 0) is 56.5 Å². The number of halogens is 2. The van der Waals surface area contributed by atoms with Crippen LogP contribution < -0.4 is 9.62 Å². The van der Waals surface area contributed by atoms with Gasteiger partial charge in [0.1, 0.15) is 12.6 Å². The number of rotatable bonds is 12. The van der Waals surface area contributed by atoms with E-state index < -0.39 is 28.5 Å². The van der Waals surface area contributed by atoms with Gasteiger partial charge >= 0.3 is 0 Å². The van der Waals surface area contributed by atoms with E-state index >= 15 is 0 Å². The fourth-order valence-corrected chi connectivity index (χ4v) is 6.18. The van der Waals surface area contributed by atoms with Crippen molar-refractivity contribution in [1.82, 2.24) is 10.2 Å². The van der Waals surface area contributed by atoms with Gasteiger partial charge in [0, 0.05) is 12.6 Å². The van der Waals surface area contributed by atoms with Crippen LogP contribution in [0.2, 0.25) is 10.0 Å². The average Bonchev–Trinajstić information content (AvgIpc) is 2.93. The van der Waals surface area contributed by atoms with Crippen molar-refractivity contribution in [2.75, 3.05) is 10.8 Å². The summed E-state index contributed by atoms with van der Waals surface area (Å²) in [5, 5.41) is 3.12. The maximum Gasteiger partial charge on any atom is 0.264 e. The Hall–Kier alpha value is -3.07. The Morgan fingerprint density at radius 1 is 0.925 bits per heavy atom. The molecule has 2 amide bonds. The van der Waals surface area contributed by atoms with Crippen LogP contribution in [-0.4, -0.2) is 43.8 Å². The fraction of sp³-hybridized carbons (Fsp3) is 0.333. The van der Waals surface area contributed by atoms with Crippen molar-refractivity contribution in [3.63, 3.8) is 0 Å². The number of anilines is 1. The van der Waals surface area contributed by atoms with Gasteiger partial charge in [-0.15, -0.1) is 0 Å². The number of carbonyl (C=O) groups is 2. The van der Waals surface area contributed by atoms with Crippen LogP contribution >= 0.6 is 23.2 Å². The number of aryl methyl sites for hydroxylation is 1. The molecule has 0 saturated carbocycles. The Bertz CT molecular complexity index is 1430.